The first-order chi connectivity index (χ1) is 10.1. The summed E-state index contributed by atoms with van der Waals surface area (Å²) in [5, 5.41) is 11.6. The van der Waals surface area contributed by atoms with Gasteiger partial charge in [-0.2, -0.15) is 0 Å². The second-order valence-electron chi connectivity index (χ2n) is 6.15. The molecule has 2 unspecified atom stereocenters. The number of hydrogen-bond acceptors (Lipinski definition) is 5. The number of fused-ring (bicyclic) bond motifs is 1. The van der Waals surface area contributed by atoms with Crippen molar-refractivity contribution in [2.24, 2.45) is 5.92 Å². The van der Waals surface area contributed by atoms with Gasteiger partial charge in [0.1, 0.15) is 11.6 Å². The van der Waals surface area contributed by atoms with Crippen molar-refractivity contribution in [2.45, 2.75) is 56.8 Å². The van der Waals surface area contributed by atoms with Crippen molar-refractivity contribution in [1.82, 2.24) is 5.32 Å². The Balaban J connectivity index is 0.000000161. The Bertz CT molecular complexity index is 351. The van der Waals surface area contributed by atoms with Crippen LogP contribution in [-0.2, 0) is 14.3 Å². The average Bonchev–Trinajstić information content (AvgIpc) is 3.23. The molecule has 0 aromatic heterocycles. The van der Waals surface area contributed by atoms with Crippen molar-refractivity contribution in [3.63, 3.8) is 0 Å². The summed E-state index contributed by atoms with van der Waals surface area (Å²) < 4.78 is 10.2. The van der Waals surface area contributed by atoms with Crippen LogP contribution in [0.4, 0.5) is 0 Å². The van der Waals surface area contributed by atoms with Gasteiger partial charge >= 0.3 is 5.97 Å². The summed E-state index contributed by atoms with van der Waals surface area (Å²) in [5.74, 6) is 0.902. The van der Waals surface area contributed by atoms with Gasteiger partial charge in [-0.15, -0.1) is 11.6 Å². The molecule has 0 radical (unpaired) electrons. The van der Waals surface area contributed by atoms with Crippen molar-refractivity contribution < 1.29 is 19.4 Å². The lowest BCUT2D eigenvalue weighted by molar-refractivity contribution is -0.198. The molecule has 6 heteroatoms. The van der Waals surface area contributed by atoms with Gasteiger partial charge in [0.15, 0.2) is 0 Å². The number of hydrogen-bond donors (Lipinski definition) is 2. The van der Waals surface area contributed by atoms with Crippen LogP contribution in [0.15, 0.2) is 0 Å². The standard InChI is InChI=1S/C8H12ClNO2.C7H14O2/c1-8-5(2-3-9)4-10-6(8)7(11)12-8;8-5-3-1-2-4-7-6-9-7/h5-6,10H,2-4H2,1H3;7-8H,1-6H2/t5?,6-,8-;/m0./s1. The lowest BCUT2D eigenvalue weighted by atomic mass is 9.81. The van der Waals surface area contributed by atoms with Crippen LogP contribution in [0.1, 0.15) is 39.0 Å². The van der Waals surface area contributed by atoms with E-state index < -0.39 is 0 Å². The summed E-state index contributed by atoms with van der Waals surface area (Å²) in [6.07, 6.45) is 5.99. The highest BCUT2D eigenvalue weighted by Gasteiger charge is 2.61. The van der Waals surface area contributed by atoms with Gasteiger partial charge in [0.05, 0.1) is 12.7 Å². The molecule has 3 rings (SSSR count). The molecule has 3 fully saturated rings. The molecule has 0 aromatic rings. The third kappa shape index (κ3) is 4.31. The average molecular weight is 320 g/mol. The number of carbonyl (C=O) groups excluding carboxylic acids is 1. The minimum atomic E-state index is -0.272. The van der Waals surface area contributed by atoms with Crippen molar-refractivity contribution in [3.05, 3.63) is 0 Å². The smallest absolute Gasteiger partial charge is 0.327 e. The first kappa shape index (κ1) is 17.0. The molecule has 0 aromatic carbocycles. The first-order valence-corrected chi connectivity index (χ1v) is 8.40. The fourth-order valence-corrected chi connectivity index (χ4v) is 3.26. The summed E-state index contributed by atoms with van der Waals surface area (Å²) in [5.41, 5.74) is -0.272. The van der Waals surface area contributed by atoms with Crippen LogP contribution >= 0.6 is 11.6 Å². The minimum absolute atomic E-state index is 0.0780. The number of nitrogens with one attached hydrogen (secondary N) is 1. The number of halogens is 1. The monoisotopic (exact) mass is 319 g/mol. The van der Waals surface area contributed by atoms with Crippen LogP contribution in [0.5, 0.6) is 0 Å². The van der Waals surface area contributed by atoms with E-state index in [1.165, 1.54) is 12.8 Å². The Morgan fingerprint density at radius 2 is 2.14 bits per heavy atom. The summed E-state index contributed by atoms with van der Waals surface area (Å²) in [4.78, 5) is 10.9. The number of epoxide rings is 1. The van der Waals surface area contributed by atoms with Gasteiger partial charge < -0.3 is 19.9 Å². The number of carbonyl (C=O) groups is 1. The van der Waals surface area contributed by atoms with Gasteiger partial charge in [-0.25, -0.2) is 0 Å². The van der Waals surface area contributed by atoms with Gasteiger partial charge in [-0.3, -0.25) is 4.79 Å². The fraction of sp³-hybridized carbons (Fsp3) is 0.933. The number of esters is 1. The predicted octanol–water partition coefficient (Wildman–Crippen LogP) is 1.46. The zero-order valence-electron chi connectivity index (χ0n) is 12.6. The zero-order valence-corrected chi connectivity index (χ0v) is 13.4. The fourth-order valence-electron chi connectivity index (χ4n) is 2.99. The molecule has 3 aliphatic heterocycles. The van der Waals surface area contributed by atoms with Crippen LogP contribution < -0.4 is 5.32 Å². The maximum absolute atomic E-state index is 10.9. The summed E-state index contributed by atoms with van der Waals surface area (Å²) in [6, 6.07) is -0.0780. The molecule has 3 saturated heterocycles. The third-order valence-electron chi connectivity index (χ3n) is 4.55. The molecule has 0 amide bonds. The van der Waals surface area contributed by atoms with E-state index in [1.54, 1.807) is 0 Å². The Kier molecular flexibility index (Phi) is 6.29. The first-order valence-electron chi connectivity index (χ1n) is 7.86. The molecule has 3 heterocycles. The van der Waals surface area contributed by atoms with E-state index in [0.717, 1.165) is 32.4 Å². The second-order valence-corrected chi connectivity index (χ2v) is 6.53. The molecule has 122 valence electrons. The quantitative estimate of drug-likeness (QED) is 0.322. The number of aliphatic hydroxyl groups excluding tert-OH is 1. The maximum atomic E-state index is 10.9. The van der Waals surface area contributed by atoms with Crippen molar-refractivity contribution in [1.29, 1.82) is 0 Å². The SMILES string of the molecule is C[C@@]12OC(=O)[C@@H]1NCC2CCCl.OCCCCCC1CO1. The molecule has 0 bridgehead atoms. The number of unbranched alkanes of at least 4 members (excludes halogenated alkanes) is 2. The number of aliphatic hydroxyl groups is 1. The van der Waals surface area contributed by atoms with E-state index in [0.29, 0.717) is 24.5 Å². The molecule has 21 heavy (non-hydrogen) atoms. The van der Waals surface area contributed by atoms with Crippen LogP contribution in [0.2, 0.25) is 0 Å². The molecule has 0 saturated carbocycles. The Morgan fingerprint density at radius 3 is 2.67 bits per heavy atom. The van der Waals surface area contributed by atoms with E-state index in [2.05, 4.69) is 5.32 Å². The highest BCUT2D eigenvalue weighted by atomic mass is 35.5. The topological polar surface area (TPSA) is 71.1 Å². The molecule has 5 nitrogen and oxygen atoms in total. The largest absolute Gasteiger partial charge is 0.455 e. The van der Waals surface area contributed by atoms with E-state index in [9.17, 15) is 4.79 Å². The van der Waals surface area contributed by atoms with Crippen LogP contribution in [-0.4, -0.2) is 54.5 Å². The normalized spacial score (nSPS) is 36.1. The van der Waals surface area contributed by atoms with Crippen LogP contribution in [0, 0.1) is 5.92 Å². The molecular formula is C15H26ClNO4. The van der Waals surface area contributed by atoms with E-state index in [4.69, 9.17) is 26.2 Å². The number of alkyl halides is 1. The lowest BCUT2D eigenvalue weighted by Gasteiger charge is -2.43. The maximum Gasteiger partial charge on any atom is 0.327 e. The Labute approximate surface area is 131 Å². The highest BCUT2D eigenvalue weighted by molar-refractivity contribution is 6.17. The van der Waals surface area contributed by atoms with Crippen LogP contribution in [0.3, 0.4) is 0 Å². The molecule has 2 N–H and O–H groups in total. The Hall–Kier alpha value is -0.360. The van der Waals surface area contributed by atoms with Gasteiger partial charge in [-0.05, 0) is 26.2 Å². The van der Waals surface area contributed by atoms with Gasteiger partial charge in [-0.1, -0.05) is 12.8 Å². The van der Waals surface area contributed by atoms with Gasteiger partial charge in [0, 0.05) is 24.9 Å². The number of rotatable bonds is 7. The summed E-state index contributed by atoms with van der Waals surface area (Å²) in [7, 11) is 0. The molecule has 0 aliphatic carbocycles. The molecule has 0 spiro atoms. The lowest BCUT2D eigenvalue weighted by Crippen LogP contribution is -2.62. The summed E-state index contributed by atoms with van der Waals surface area (Å²) in [6.45, 7) is 4.14. The second kappa shape index (κ2) is 7.77. The molecule has 3 aliphatic rings. The molecule has 4 atom stereocenters. The number of ether oxygens (including phenoxy) is 2. The van der Waals surface area contributed by atoms with Crippen LogP contribution in [0.25, 0.3) is 0 Å². The zero-order chi connectivity index (χ0) is 15.3. The third-order valence-corrected chi connectivity index (χ3v) is 4.77. The Morgan fingerprint density at radius 1 is 1.38 bits per heavy atom. The van der Waals surface area contributed by atoms with Crippen molar-refractivity contribution in [3.8, 4) is 0 Å². The van der Waals surface area contributed by atoms with Gasteiger partial charge in [0.25, 0.3) is 0 Å². The van der Waals surface area contributed by atoms with Crippen molar-refractivity contribution >= 4 is 17.6 Å². The van der Waals surface area contributed by atoms with Gasteiger partial charge in [0.2, 0.25) is 0 Å². The summed E-state index contributed by atoms with van der Waals surface area (Å²) >= 11 is 5.65. The minimum Gasteiger partial charge on any atom is -0.455 e. The predicted molar refractivity (Wildman–Crippen MR) is 80.4 cm³/mol. The highest BCUT2D eigenvalue weighted by Crippen LogP contribution is 2.41. The molecular weight excluding hydrogens is 294 g/mol. The van der Waals surface area contributed by atoms with E-state index in [-0.39, 0.29) is 17.6 Å². The van der Waals surface area contributed by atoms with E-state index >= 15 is 0 Å². The van der Waals surface area contributed by atoms with E-state index in [1.807, 2.05) is 6.92 Å². The van der Waals surface area contributed by atoms with Crippen molar-refractivity contribution in [2.75, 3.05) is 25.6 Å².